The lowest BCUT2D eigenvalue weighted by atomic mass is 10.00. The molecule has 3 unspecified atom stereocenters. The molecule has 2 aliphatic rings. The molecule has 0 bridgehead atoms. The van der Waals surface area contributed by atoms with E-state index in [0.29, 0.717) is 11.8 Å². The van der Waals surface area contributed by atoms with Gasteiger partial charge >= 0.3 is 0 Å². The van der Waals surface area contributed by atoms with E-state index in [9.17, 15) is 5.11 Å². The number of anilines is 1. The Morgan fingerprint density at radius 1 is 1.35 bits per heavy atom. The third-order valence-electron chi connectivity index (χ3n) is 4.70. The van der Waals surface area contributed by atoms with Crippen LogP contribution in [-0.4, -0.2) is 35.3 Å². The molecule has 0 spiro atoms. The van der Waals surface area contributed by atoms with Crippen LogP contribution in [0.4, 0.5) is 5.69 Å². The Bertz CT molecular complexity index is 544. The zero-order chi connectivity index (χ0) is 14.3. The minimum Gasteiger partial charge on any atom is -0.409 e. The van der Waals surface area contributed by atoms with Crippen LogP contribution in [0.1, 0.15) is 24.0 Å². The van der Waals surface area contributed by atoms with E-state index < -0.39 is 0 Å². The normalized spacial score (nSPS) is 29.8. The summed E-state index contributed by atoms with van der Waals surface area (Å²) in [5.41, 5.74) is 8.64. The number of nitrogens with two attached hydrogens (primary N) is 1. The first kappa shape index (κ1) is 13.2. The Morgan fingerprint density at radius 3 is 2.85 bits per heavy atom. The average molecular weight is 275 g/mol. The van der Waals surface area contributed by atoms with Crippen molar-refractivity contribution in [2.45, 2.75) is 25.9 Å². The van der Waals surface area contributed by atoms with Gasteiger partial charge in [-0.3, -0.25) is 0 Å². The molecule has 4 N–H and O–H groups in total. The number of aliphatic hydroxyl groups is 1. The van der Waals surface area contributed by atoms with Crippen molar-refractivity contribution < 1.29 is 10.3 Å². The number of nitrogens with zero attached hydrogens (tertiary/aromatic N) is 2. The molecule has 1 aliphatic carbocycles. The van der Waals surface area contributed by atoms with Gasteiger partial charge in [0.25, 0.3) is 0 Å². The first-order valence-electron chi connectivity index (χ1n) is 7.11. The zero-order valence-electron chi connectivity index (χ0n) is 11.7. The second-order valence-corrected chi connectivity index (χ2v) is 5.98. The summed E-state index contributed by atoms with van der Waals surface area (Å²) in [7, 11) is 0. The molecule has 3 rings (SSSR count). The molecule has 0 radical (unpaired) electrons. The predicted molar refractivity (Wildman–Crippen MR) is 78.1 cm³/mol. The number of aryl methyl sites for hydroxylation is 1. The number of benzene rings is 1. The van der Waals surface area contributed by atoms with Crippen molar-refractivity contribution in [3.8, 4) is 0 Å². The number of aliphatic hydroxyl groups excluding tert-OH is 1. The van der Waals surface area contributed by atoms with E-state index >= 15 is 0 Å². The van der Waals surface area contributed by atoms with Gasteiger partial charge in [-0.2, -0.15) is 0 Å². The Labute approximate surface area is 118 Å². The molecule has 1 aliphatic heterocycles. The Balaban J connectivity index is 1.92. The maximum Gasteiger partial charge on any atom is 0.172 e. The first-order chi connectivity index (χ1) is 9.60. The van der Waals surface area contributed by atoms with Gasteiger partial charge in [-0.15, -0.1) is 0 Å². The molecule has 3 atom stereocenters. The van der Waals surface area contributed by atoms with Crippen molar-refractivity contribution in [3.05, 3.63) is 29.3 Å². The molecule has 2 fully saturated rings. The van der Waals surface area contributed by atoms with E-state index in [-0.39, 0.29) is 11.9 Å². The SMILES string of the molecule is Cc1ccc(N2CC3CCC(O)C3C2)c(/C(N)=N/O)c1. The number of fused-ring (bicyclic) bond motifs is 1. The second kappa shape index (κ2) is 4.98. The monoisotopic (exact) mass is 275 g/mol. The topological polar surface area (TPSA) is 82.1 Å². The van der Waals surface area contributed by atoms with Crippen molar-refractivity contribution in [2.24, 2.45) is 22.7 Å². The van der Waals surface area contributed by atoms with Gasteiger partial charge in [0.2, 0.25) is 0 Å². The van der Waals surface area contributed by atoms with Gasteiger partial charge in [0.1, 0.15) is 0 Å². The molecule has 1 aromatic rings. The molecule has 1 saturated carbocycles. The van der Waals surface area contributed by atoms with Crippen LogP contribution in [0.5, 0.6) is 0 Å². The van der Waals surface area contributed by atoms with Gasteiger partial charge < -0.3 is 20.9 Å². The Kier molecular flexibility index (Phi) is 3.30. The van der Waals surface area contributed by atoms with Crippen LogP contribution in [0.25, 0.3) is 0 Å². The Hall–Kier alpha value is -1.75. The van der Waals surface area contributed by atoms with Crippen LogP contribution in [0, 0.1) is 18.8 Å². The van der Waals surface area contributed by atoms with Crippen LogP contribution < -0.4 is 10.6 Å². The van der Waals surface area contributed by atoms with E-state index in [2.05, 4.69) is 10.1 Å². The lowest BCUT2D eigenvalue weighted by molar-refractivity contribution is 0.133. The van der Waals surface area contributed by atoms with E-state index in [1.54, 1.807) is 0 Å². The summed E-state index contributed by atoms with van der Waals surface area (Å²) in [6, 6.07) is 6.00. The smallest absolute Gasteiger partial charge is 0.172 e. The summed E-state index contributed by atoms with van der Waals surface area (Å²) < 4.78 is 0. The summed E-state index contributed by atoms with van der Waals surface area (Å²) in [4.78, 5) is 2.25. The van der Waals surface area contributed by atoms with Gasteiger partial charge in [0.15, 0.2) is 5.84 Å². The second-order valence-electron chi connectivity index (χ2n) is 5.98. The van der Waals surface area contributed by atoms with Gasteiger partial charge in [0, 0.05) is 30.3 Å². The summed E-state index contributed by atoms with van der Waals surface area (Å²) in [5.74, 6) is 1.06. The first-order valence-corrected chi connectivity index (χ1v) is 7.11. The third kappa shape index (κ3) is 2.12. The molecule has 5 nitrogen and oxygen atoms in total. The van der Waals surface area contributed by atoms with Gasteiger partial charge in [-0.1, -0.05) is 16.8 Å². The molecule has 5 heteroatoms. The highest BCUT2D eigenvalue weighted by Gasteiger charge is 2.42. The van der Waals surface area contributed by atoms with Crippen molar-refractivity contribution in [1.29, 1.82) is 0 Å². The highest BCUT2D eigenvalue weighted by atomic mass is 16.4. The van der Waals surface area contributed by atoms with Gasteiger partial charge in [0.05, 0.1) is 6.10 Å². The van der Waals surface area contributed by atoms with Crippen LogP contribution >= 0.6 is 0 Å². The molecule has 1 heterocycles. The lowest BCUT2D eigenvalue weighted by Gasteiger charge is -2.23. The minimum absolute atomic E-state index is 0.140. The number of hydrogen-bond acceptors (Lipinski definition) is 4. The quantitative estimate of drug-likeness (QED) is 0.329. The average Bonchev–Trinajstić information content (AvgIpc) is 3.00. The van der Waals surface area contributed by atoms with Gasteiger partial charge in [-0.25, -0.2) is 0 Å². The molecule has 0 aromatic heterocycles. The highest BCUT2D eigenvalue weighted by Crippen LogP contribution is 2.40. The van der Waals surface area contributed by atoms with Crippen molar-refractivity contribution >= 4 is 11.5 Å². The predicted octanol–water partition coefficient (Wildman–Crippen LogP) is 1.30. The summed E-state index contributed by atoms with van der Waals surface area (Å²) in [6.07, 6.45) is 1.83. The molecule has 108 valence electrons. The zero-order valence-corrected chi connectivity index (χ0v) is 11.7. The fourth-order valence-corrected chi connectivity index (χ4v) is 3.62. The van der Waals surface area contributed by atoms with E-state index in [0.717, 1.165) is 42.7 Å². The molecule has 20 heavy (non-hydrogen) atoms. The largest absolute Gasteiger partial charge is 0.409 e. The lowest BCUT2D eigenvalue weighted by Crippen LogP contribution is -2.27. The third-order valence-corrected chi connectivity index (χ3v) is 4.70. The summed E-state index contributed by atoms with van der Waals surface area (Å²) in [6.45, 7) is 3.78. The highest BCUT2D eigenvalue weighted by molar-refractivity contribution is 6.02. The Morgan fingerprint density at radius 2 is 2.15 bits per heavy atom. The van der Waals surface area contributed by atoms with Crippen LogP contribution in [0.3, 0.4) is 0 Å². The van der Waals surface area contributed by atoms with Gasteiger partial charge in [-0.05, 0) is 37.8 Å². The number of amidine groups is 1. The van der Waals surface area contributed by atoms with Crippen molar-refractivity contribution in [3.63, 3.8) is 0 Å². The number of hydrogen-bond donors (Lipinski definition) is 3. The molecule has 1 aromatic carbocycles. The van der Waals surface area contributed by atoms with Crippen molar-refractivity contribution in [1.82, 2.24) is 0 Å². The van der Waals surface area contributed by atoms with Crippen LogP contribution in [0.15, 0.2) is 23.4 Å². The fourth-order valence-electron chi connectivity index (χ4n) is 3.62. The summed E-state index contributed by atoms with van der Waals surface area (Å²) >= 11 is 0. The number of rotatable bonds is 2. The maximum absolute atomic E-state index is 10.0. The van der Waals surface area contributed by atoms with E-state index in [4.69, 9.17) is 10.9 Å². The summed E-state index contributed by atoms with van der Waals surface area (Å²) in [5, 5.41) is 22.1. The molecular weight excluding hydrogens is 254 g/mol. The fraction of sp³-hybridized carbons (Fsp3) is 0.533. The van der Waals surface area contributed by atoms with E-state index in [1.807, 2.05) is 25.1 Å². The maximum atomic E-state index is 10.0. The van der Waals surface area contributed by atoms with E-state index in [1.165, 1.54) is 0 Å². The molecular formula is C15H21N3O2. The standard InChI is InChI=1S/C15H21N3O2/c1-9-2-4-13(11(6-9)15(16)17-20)18-7-10-3-5-14(19)12(10)8-18/h2,4,6,10,12,14,19-20H,3,5,7-8H2,1H3,(H2,16,17). The molecule has 0 amide bonds. The minimum atomic E-state index is -0.178. The van der Waals surface area contributed by atoms with Crippen LogP contribution in [0.2, 0.25) is 0 Å². The van der Waals surface area contributed by atoms with Crippen LogP contribution in [-0.2, 0) is 0 Å². The van der Waals surface area contributed by atoms with Crippen molar-refractivity contribution in [2.75, 3.05) is 18.0 Å². The molecule has 1 saturated heterocycles. The number of oxime groups is 1.